The van der Waals surface area contributed by atoms with Crippen molar-refractivity contribution in [2.75, 3.05) is 0 Å². The van der Waals surface area contributed by atoms with Crippen LogP contribution in [0, 0.1) is 6.92 Å². The van der Waals surface area contributed by atoms with Gasteiger partial charge in [0.25, 0.3) is 0 Å². The van der Waals surface area contributed by atoms with Gasteiger partial charge in [-0.05, 0) is 36.2 Å². The Bertz CT molecular complexity index is 611. The molecule has 0 saturated heterocycles. The zero-order valence-corrected chi connectivity index (χ0v) is 11.5. The van der Waals surface area contributed by atoms with E-state index >= 15 is 0 Å². The normalized spacial score (nSPS) is 21.6. The second kappa shape index (κ2) is 4.87. The van der Waals surface area contributed by atoms with Crippen LogP contribution >= 0.6 is 11.6 Å². The Morgan fingerprint density at radius 3 is 2.74 bits per heavy atom. The first-order valence-electron chi connectivity index (χ1n) is 6.42. The highest BCUT2D eigenvalue weighted by Crippen LogP contribution is 2.40. The number of hydrogen-bond donors (Lipinski definition) is 1. The van der Waals surface area contributed by atoms with Crippen LogP contribution in [0.3, 0.4) is 0 Å². The van der Waals surface area contributed by atoms with Crippen LogP contribution in [0.2, 0.25) is 5.02 Å². The van der Waals surface area contributed by atoms with E-state index in [0.29, 0.717) is 0 Å². The molecule has 98 valence electrons. The van der Waals surface area contributed by atoms with E-state index in [1.54, 1.807) is 0 Å². The molecule has 0 radical (unpaired) electrons. The van der Waals surface area contributed by atoms with Gasteiger partial charge in [-0.2, -0.15) is 0 Å². The third-order valence-corrected chi connectivity index (χ3v) is 3.87. The predicted octanol–water partition coefficient (Wildman–Crippen LogP) is 4.17. The fourth-order valence-electron chi connectivity index (χ4n) is 2.64. The maximum atomic E-state index is 6.25. The maximum Gasteiger partial charge on any atom is 0.126 e. The highest BCUT2D eigenvalue weighted by atomic mass is 35.5. The van der Waals surface area contributed by atoms with Crippen molar-refractivity contribution < 1.29 is 4.74 Å². The molecule has 1 aliphatic rings. The van der Waals surface area contributed by atoms with E-state index in [-0.39, 0.29) is 12.1 Å². The number of fused-ring (bicyclic) bond motifs is 1. The molecule has 0 spiro atoms. The van der Waals surface area contributed by atoms with Crippen LogP contribution in [0.15, 0.2) is 42.5 Å². The van der Waals surface area contributed by atoms with Crippen LogP contribution in [-0.4, -0.2) is 0 Å². The number of hydrogen-bond acceptors (Lipinski definition) is 2. The second-order valence-corrected chi connectivity index (χ2v) is 5.42. The van der Waals surface area contributed by atoms with Gasteiger partial charge in [-0.15, -0.1) is 0 Å². The molecule has 0 fully saturated rings. The zero-order chi connectivity index (χ0) is 13.4. The summed E-state index contributed by atoms with van der Waals surface area (Å²) in [5.41, 5.74) is 9.64. The lowest BCUT2D eigenvalue weighted by atomic mass is 9.92. The summed E-state index contributed by atoms with van der Waals surface area (Å²) in [6.45, 7) is 2.05. The average molecular weight is 274 g/mol. The number of ether oxygens (including phenoxy) is 1. The smallest absolute Gasteiger partial charge is 0.126 e. The fourth-order valence-corrected chi connectivity index (χ4v) is 2.87. The molecule has 0 bridgehead atoms. The number of aryl methyl sites for hydroxylation is 1. The summed E-state index contributed by atoms with van der Waals surface area (Å²) in [7, 11) is 0. The van der Waals surface area contributed by atoms with Gasteiger partial charge in [0.15, 0.2) is 0 Å². The lowest BCUT2D eigenvalue weighted by molar-refractivity contribution is 0.161. The summed E-state index contributed by atoms with van der Waals surface area (Å²) in [4.78, 5) is 0. The van der Waals surface area contributed by atoms with Crippen molar-refractivity contribution in [1.29, 1.82) is 0 Å². The zero-order valence-electron chi connectivity index (χ0n) is 10.8. The van der Waals surface area contributed by atoms with Gasteiger partial charge in [0.05, 0.1) is 0 Å². The van der Waals surface area contributed by atoms with Gasteiger partial charge < -0.3 is 10.5 Å². The van der Waals surface area contributed by atoms with Crippen molar-refractivity contribution in [2.45, 2.75) is 25.5 Å². The molecule has 2 nitrogen and oxygen atoms in total. The number of benzene rings is 2. The van der Waals surface area contributed by atoms with Crippen LogP contribution in [0.4, 0.5) is 0 Å². The van der Waals surface area contributed by atoms with E-state index in [9.17, 15) is 0 Å². The summed E-state index contributed by atoms with van der Waals surface area (Å²) < 4.78 is 6.09. The first-order chi connectivity index (χ1) is 9.15. The molecular formula is C16H16ClNO. The molecule has 2 aromatic rings. The van der Waals surface area contributed by atoms with Crippen molar-refractivity contribution in [1.82, 2.24) is 0 Å². The van der Waals surface area contributed by atoms with Gasteiger partial charge in [-0.25, -0.2) is 0 Å². The van der Waals surface area contributed by atoms with Gasteiger partial charge in [0.1, 0.15) is 11.9 Å². The molecule has 1 aliphatic heterocycles. The minimum Gasteiger partial charge on any atom is -0.485 e. The molecule has 3 heteroatoms. The van der Waals surface area contributed by atoms with E-state index in [1.807, 2.05) is 42.5 Å². The van der Waals surface area contributed by atoms with Gasteiger partial charge in [0.2, 0.25) is 0 Å². The molecule has 2 atom stereocenters. The molecule has 2 N–H and O–H groups in total. The van der Waals surface area contributed by atoms with E-state index in [1.165, 1.54) is 0 Å². The number of rotatable bonds is 1. The molecule has 2 aromatic carbocycles. The molecule has 1 heterocycles. The minimum absolute atomic E-state index is 0.00201. The van der Waals surface area contributed by atoms with Crippen LogP contribution in [-0.2, 0) is 0 Å². The van der Waals surface area contributed by atoms with E-state index in [2.05, 4.69) is 6.92 Å². The molecular weight excluding hydrogens is 258 g/mol. The summed E-state index contributed by atoms with van der Waals surface area (Å²) in [6, 6.07) is 13.9. The lowest BCUT2D eigenvalue weighted by Crippen LogP contribution is -2.24. The average Bonchev–Trinajstić information content (AvgIpc) is 2.38. The largest absolute Gasteiger partial charge is 0.485 e. The minimum atomic E-state index is 0.00201. The standard InChI is InChI=1S/C16H16ClNO/c1-10-8-11(17)6-7-12(10)16-9-14(18)13-4-2-3-5-15(13)19-16/h2-8,14,16H,9,18H2,1H3. The third-order valence-electron chi connectivity index (χ3n) is 3.63. The fraction of sp³-hybridized carbons (Fsp3) is 0.250. The molecule has 0 aliphatic carbocycles. The van der Waals surface area contributed by atoms with Crippen molar-refractivity contribution in [2.24, 2.45) is 5.73 Å². The molecule has 0 saturated carbocycles. The van der Waals surface area contributed by atoms with Crippen molar-refractivity contribution in [3.63, 3.8) is 0 Å². The Hall–Kier alpha value is -1.51. The molecule has 0 amide bonds. The van der Waals surface area contributed by atoms with E-state index in [4.69, 9.17) is 22.1 Å². The Morgan fingerprint density at radius 2 is 1.95 bits per heavy atom. The maximum absolute atomic E-state index is 6.25. The van der Waals surface area contributed by atoms with Crippen LogP contribution in [0.5, 0.6) is 5.75 Å². The topological polar surface area (TPSA) is 35.2 Å². The number of para-hydroxylation sites is 1. The van der Waals surface area contributed by atoms with E-state index < -0.39 is 0 Å². The third kappa shape index (κ3) is 2.34. The number of halogens is 1. The summed E-state index contributed by atoms with van der Waals surface area (Å²) in [5, 5.41) is 0.752. The quantitative estimate of drug-likeness (QED) is 0.846. The summed E-state index contributed by atoms with van der Waals surface area (Å²) >= 11 is 6.00. The summed E-state index contributed by atoms with van der Waals surface area (Å²) in [6.07, 6.45) is 0.793. The van der Waals surface area contributed by atoms with E-state index in [0.717, 1.165) is 33.9 Å². The monoisotopic (exact) mass is 273 g/mol. The van der Waals surface area contributed by atoms with Gasteiger partial charge in [-0.3, -0.25) is 0 Å². The number of nitrogens with two attached hydrogens (primary N) is 1. The molecule has 3 rings (SSSR count). The molecule has 2 unspecified atom stereocenters. The first kappa shape index (κ1) is 12.5. The summed E-state index contributed by atoms with van der Waals surface area (Å²) in [5.74, 6) is 0.889. The Kier molecular flexibility index (Phi) is 3.21. The molecule has 19 heavy (non-hydrogen) atoms. The highest BCUT2D eigenvalue weighted by Gasteiger charge is 2.27. The second-order valence-electron chi connectivity index (χ2n) is 4.99. The van der Waals surface area contributed by atoms with Crippen molar-refractivity contribution in [3.05, 3.63) is 64.2 Å². The Balaban J connectivity index is 1.97. The van der Waals surface area contributed by atoms with Crippen LogP contribution < -0.4 is 10.5 Å². The van der Waals surface area contributed by atoms with Gasteiger partial charge in [0, 0.05) is 23.0 Å². The predicted molar refractivity (Wildman–Crippen MR) is 77.5 cm³/mol. The van der Waals surface area contributed by atoms with Gasteiger partial charge in [-0.1, -0.05) is 35.9 Å². The van der Waals surface area contributed by atoms with Crippen LogP contribution in [0.1, 0.15) is 35.3 Å². The van der Waals surface area contributed by atoms with Crippen molar-refractivity contribution >= 4 is 11.6 Å². The Morgan fingerprint density at radius 1 is 1.16 bits per heavy atom. The van der Waals surface area contributed by atoms with Crippen molar-refractivity contribution in [3.8, 4) is 5.75 Å². The van der Waals surface area contributed by atoms with Crippen LogP contribution in [0.25, 0.3) is 0 Å². The highest BCUT2D eigenvalue weighted by molar-refractivity contribution is 6.30. The lowest BCUT2D eigenvalue weighted by Gasteiger charge is -2.31. The Labute approximate surface area is 118 Å². The first-order valence-corrected chi connectivity index (χ1v) is 6.80. The molecule has 0 aromatic heterocycles. The van der Waals surface area contributed by atoms with Gasteiger partial charge >= 0.3 is 0 Å². The SMILES string of the molecule is Cc1cc(Cl)ccc1C1CC(N)c2ccccc2O1.